The Balaban J connectivity index is 1.43. The summed E-state index contributed by atoms with van der Waals surface area (Å²) in [6.45, 7) is 0.416. The summed E-state index contributed by atoms with van der Waals surface area (Å²) in [6.07, 6.45) is 2.57. The predicted molar refractivity (Wildman–Crippen MR) is 98.8 cm³/mol. The normalized spacial score (nSPS) is 10.4. The number of anilines is 1. The molecule has 0 saturated heterocycles. The van der Waals surface area contributed by atoms with Gasteiger partial charge in [0.15, 0.2) is 5.13 Å². The molecule has 3 aromatic rings. The minimum absolute atomic E-state index is 0.0529. The summed E-state index contributed by atoms with van der Waals surface area (Å²) >= 11 is 2.74. The molecule has 0 bridgehead atoms. The summed E-state index contributed by atoms with van der Waals surface area (Å²) < 4.78 is 0. The molecule has 0 atom stereocenters. The highest BCUT2D eigenvalue weighted by Crippen LogP contribution is 2.18. The lowest BCUT2D eigenvalue weighted by molar-refractivity contribution is -0.121. The highest BCUT2D eigenvalue weighted by Gasteiger charge is 2.10. The number of carbonyl (C=O) groups excluding carboxylic acids is 2. The number of rotatable bonds is 7. The van der Waals surface area contributed by atoms with Crippen LogP contribution in [0.2, 0.25) is 0 Å². The maximum Gasteiger partial charge on any atom is 0.267 e. The Morgan fingerprint density at radius 1 is 1.08 bits per heavy atom. The van der Waals surface area contributed by atoms with Crippen molar-refractivity contribution in [3.8, 4) is 0 Å². The van der Waals surface area contributed by atoms with Crippen molar-refractivity contribution in [2.45, 2.75) is 19.4 Å². The summed E-state index contributed by atoms with van der Waals surface area (Å²) in [7, 11) is 0. The number of amides is 2. The lowest BCUT2D eigenvalue weighted by atomic mass is 10.2. The molecule has 2 N–H and O–H groups in total. The van der Waals surface area contributed by atoms with Crippen molar-refractivity contribution in [3.05, 3.63) is 63.6 Å². The number of thiazole rings is 1. The second-order valence-corrected chi connectivity index (χ2v) is 6.98. The predicted octanol–water partition coefficient (Wildman–Crippen LogP) is 3.10. The zero-order valence-electron chi connectivity index (χ0n) is 13.3. The summed E-state index contributed by atoms with van der Waals surface area (Å²) in [6, 6.07) is 9.18. The average Bonchev–Trinajstić information content (AvgIpc) is 3.31. The van der Waals surface area contributed by atoms with Gasteiger partial charge in [0, 0.05) is 18.0 Å². The van der Waals surface area contributed by atoms with Crippen LogP contribution in [0.5, 0.6) is 0 Å². The fraction of sp³-hybridized carbons (Fsp3) is 0.176. The van der Waals surface area contributed by atoms with Crippen LogP contribution in [-0.4, -0.2) is 21.8 Å². The Hall–Kier alpha value is -2.58. The molecule has 2 amide bonds. The van der Waals surface area contributed by atoms with Gasteiger partial charge in [0.25, 0.3) is 5.91 Å². The number of aryl methyl sites for hydroxylation is 1. The van der Waals surface area contributed by atoms with Crippen LogP contribution in [0.15, 0.2) is 47.3 Å². The van der Waals surface area contributed by atoms with E-state index in [0.717, 1.165) is 11.4 Å². The van der Waals surface area contributed by atoms with Crippen LogP contribution in [0, 0.1) is 0 Å². The zero-order chi connectivity index (χ0) is 17.5. The first-order valence-electron chi connectivity index (χ1n) is 7.66. The monoisotopic (exact) mass is 372 g/mol. The molecule has 0 aliphatic heterocycles. The Bertz CT molecular complexity index is 831. The molecule has 0 fully saturated rings. The number of hydrogen-bond acceptors (Lipinski definition) is 6. The largest absolute Gasteiger partial charge is 0.350 e. The molecule has 0 aliphatic carbocycles. The molecule has 0 unspecified atom stereocenters. The number of nitrogens with zero attached hydrogens (tertiary/aromatic N) is 2. The Morgan fingerprint density at radius 2 is 2.00 bits per heavy atom. The molecular formula is C17H16N4O2S2. The maximum absolute atomic E-state index is 12.0. The summed E-state index contributed by atoms with van der Waals surface area (Å²) in [5.41, 5.74) is 1.61. The molecule has 8 heteroatoms. The van der Waals surface area contributed by atoms with Crippen molar-refractivity contribution in [1.82, 2.24) is 15.3 Å². The van der Waals surface area contributed by atoms with Crippen LogP contribution in [0.4, 0.5) is 5.13 Å². The maximum atomic E-state index is 12.0. The van der Waals surface area contributed by atoms with Gasteiger partial charge in [-0.2, -0.15) is 0 Å². The molecule has 0 aliphatic rings. The third kappa shape index (κ3) is 5.20. The lowest BCUT2D eigenvalue weighted by Crippen LogP contribution is -2.23. The molecule has 6 nitrogen and oxygen atoms in total. The van der Waals surface area contributed by atoms with E-state index in [2.05, 4.69) is 20.6 Å². The summed E-state index contributed by atoms with van der Waals surface area (Å²) in [5.74, 6) is -0.216. The van der Waals surface area contributed by atoms with Crippen molar-refractivity contribution < 1.29 is 9.59 Å². The lowest BCUT2D eigenvalue weighted by Gasteiger charge is -2.03. The first kappa shape index (κ1) is 17.2. The van der Waals surface area contributed by atoms with E-state index in [4.69, 9.17) is 0 Å². The third-order valence-corrected chi connectivity index (χ3v) is 4.99. The van der Waals surface area contributed by atoms with E-state index < -0.39 is 0 Å². The van der Waals surface area contributed by atoms with E-state index >= 15 is 0 Å². The number of aromatic nitrogens is 2. The Morgan fingerprint density at radius 3 is 2.76 bits per heavy atom. The molecule has 3 heterocycles. The second kappa shape index (κ2) is 8.50. The summed E-state index contributed by atoms with van der Waals surface area (Å²) in [4.78, 5) is 33.0. The van der Waals surface area contributed by atoms with Gasteiger partial charge in [-0.1, -0.05) is 12.1 Å². The standard InChI is InChI=1S/C17H16N4O2S2/c22-15(19-10-12-4-1-2-8-18-12)7-6-13-11-25-17(20-13)21-16(23)14-5-3-9-24-14/h1-5,8-9,11H,6-7,10H2,(H,19,22)(H,20,21,23). The average molecular weight is 372 g/mol. The smallest absolute Gasteiger partial charge is 0.267 e. The van der Waals surface area contributed by atoms with E-state index in [0.29, 0.717) is 29.4 Å². The van der Waals surface area contributed by atoms with E-state index in [-0.39, 0.29) is 11.8 Å². The zero-order valence-corrected chi connectivity index (χ0v) is 14.9. The van der Waals surface area contributed by atoms with Gasteiger partial charge in [0.05, 0.1) is 22.8 Å². The minimum atomic E-state index is -0.163. The highest BCUT2D eigenvalue weighted by molar-refractivity contribution is 7.14. The van der Waals surface area contributed by atoms with Crippen molar-refractivity contribution in [1.29, 1.82) is 0 Å². The van der Waals surface area contributed by atoms with Gasteiger partial charge in [0.2, 0.25) is 5.91 Å². The van der Waals surface area contributed by atoms with Crippen LogP contribution in [-0.2, 0) is 17.8 Å². The van der Waals surface area contributed by atoms with Gasteiger partial charge in [-0.3, -0.25) is 19.9 Å². The van der Waals surface area contributed by atoms with Gasteiger partial charge in [-0.15, -0.1) is 22.7 Å². The second-order valence-electron chi connectivity index (χ2n) is 5.17. The van der Waals surface area contributed by atoms with Crippen LogP contribution in [0.25, 0.3) is 0 Å². The van der Waals surface area contributed by atoms with Crippen molar-refractivity contribution >= 4 is 39.6 Å². The van der Waals surface area contributed by atoms with E-state index in [1.807, 2.05) is 35.0 Å². The quantitative estimate of drug-likeness (QED) is 0.667. The van der Waals surface area contributed by atoms with E-state index in [9.17, 15) is 9.59 Å². The van der Waals surface area contributed by atoms with Gasteiger partial charge in [0.1, 0.15) is 0 Å². The molecule has 3 aromatic heterocycles. The number of pyridine rings is 1. The van der Waals surface area contributed by atoms with Crippen LogP contribution >= 0.6 is 22.7 Å². The summed E-state index contributed by atoms with van der Waals surface area (Å²) in [5, 5.41) is 9.86. The van der Waals surface area contributed by atoms with Crippen molar-refractivity contribution in [2.75, 3.05) is 5.32 Å². The Kier molecular flexibility index (Phi) is 5.86. The third-order valence-electron chi connectivity index (χ3n) is 3.32. The topological polar surface area (TPSA) is 84.0 Å². The molecule has 128 valence electrons. The molecule has 0 spiro atoms. The van der Waals surface area contributed by atoms with Gasteiger partial charge in [-0.05, 0) is 30.0 Å². The van der Waals surface area contributed by atoms with E-state index in [1.165, 1.54) is 22.7 Å². The van der Waals surface area contributed by atoms with Gasteiger partial charge in [-0.25, -0.2) is 4.98 Å². The van der Waals surface area contributed by atoms with Gasteiger partial charge >= 0.3 is 0 Å². The van der Waals surface area contributed by atoms with Crippen LogP contribution in [0.1, 0.15) is 27.5 Å². The highest BCUT2D eigenvalue weighted by atomic mass is 32.1. The number of hydrogen-bond donors (Lipinski definition) is 2. The molecule has 0 aromatic carbocycles. The molecule has 0 radical (unpaired) electrons. The minimum Gasteiger partial charge on any atom is -0.350 e. The van der Waals surface area contributed by atoms with Crippen LogP contribution in [0.3, 0.4) is 0 Å². The molecule has 0 saturated carbocycles. The number of carbonyl (C=O) groups is 2. The molecule has 25 heavy (non-hydrogen) atoms. The molecular weight excluding hydrogens is 356 g/mol. The first-order valence-corrected chi connectivity index (χ1v) is 9.42. The number of nitrogens with one attached hydrogen (secondary N) is 2. The molecule has 3 rings (SSSR count). The SMILES string of the molecule is O=C(CCc1csc(NC(=O)c2cccs2)n1)NCc1ccccn1. The van der Waals surface area contributed by atoms with Crippen molar-refractivity contribution in [3.63, 3.8) is 0 Å². The fourth-order valence-corrected chi connectivity index (χ4v) is 3.43. The fourth-order valence-electron chi connectivity index (χ4n) is 2.07. The van der Waals surface area contributed by atoms with Crippen LogP contribution < -0.4 is 10.6 Å². The Labute approximate surface area is 153 Å². The van der Waals surface area contributed by atoms with Gasteiger partial charge < -0.3 is 5.32 Å². The first-order chi connectivity index (χ1) is 12.2. The van der Waals surface area contributed by atoms with E-state index in [1.54, 1.807) is 12.3 Å². The number of thiophene rings is 1. The van der Waals surface area contributed by atoms with Crippen molar-refractivity contribution in [2.24, 2.45) is 0 Å².